The van der Waals surface area contributed by atoms with Crippen molar-refractivity contribution in [3.05, 3.63) is 78.1 Å². The Morgan fingerprint density at radius 1 is 1.20 bits per heavy atom. The van der Waals surface area contributed by atoms with Crippen LogP contribution >= 0.6 is 0 Å². The number of rotatable bonds is 6. The van der Waals surface area contributed by atoms with Crippen LogP contribution in [0.15, 0.2) is 67.0 Å². The number of hydrogen-bond donors (Lipinski definition) is 1. The first-order valence-electron chi connectivity index (χ1n) is 10.4. The molecule has 2 heterocycles. The zero-order chi connectivity index (χ0) is 20.9. The fourth-order valence-corrected chi connectivity index (χ4v) is 3.78. The third kappa shape index (κ3) is 4.89. The number of nitrogens with zero attached hydrogens (tertiary/aromatic N) is 3. The normalized spacial score (nSPS) is 17.5. The molecule has 0 unspecified atom stereocenters. The van der Waals surface area contributed by atoms with Crippen LogP contribution in [0.2, 0.25) is 0 Å². The van der Waals surface area contributed by atoms with E-state index >= 15 is 0 Å². The van der Waals surface area contributed by atoms with Crippen LogP contribution in [0.25, 0.3) is 5.69 Å². The van der Waals surface area contributed by atoms with E-state index in [1.54, 1.807) is 0 Å². The first-order valence-corrected chi connectivity index (χ1v) is 10.4. The van der Waals surface area contributed by atoms with E-state index in [0.717, 1.165) is 30.1 Å². The maximum atomic E-state index is 12.6. The van der Waals surface area contributed by atoms with Crippen molar-refractivity contribution < 1.29 is 9.53 Å². The summed E-state index contributed by atoms with van der Waals surface area (Å²) in [5, 5.41) is 7.51. The molecule has 1 aliphatic rings. The molecule has 1 aliphatic heterocycles. The van der Waals surface area contributed by atoms with Crippen LogP contribution in [0, 0.1) is 0 Å². The minimum Gasteiger partial charge on any atom is -0.489 e. The van der Waals surface area contributed by atoms with Gasteiger partial charge in [0.15, 0.2) is 0 Å². The number of aromatic nitrogens is 2. The first-order chi connectivity index (χ1) is 14.6. The number of carbonyl (C=O) groups is 1. The van der Waals surface area contributed by atoms with Crippen molar-refractivity contribution in [2.45, 2.75) is 39.0 Å². The van der Waals surface area contributed by atoms with Gasteiger partial charge in [0.2, 0.25) is 5.91 Å². The number of para-hydroxylation sites is 2. The number of fused-ring (bicyclic) bond motifs is 1. The van der Waals surface area contributed by atoms with Gasteiger partial charge in [0.25, 0.3) is 0 Å². The summed E-state index contributed by atoms with van der Waals surface area (Å²) in [4.78, 5) is 14.8. The molecule has 0 bridgehead atoms. The molecule has 0 spiro atoms. The molecule has 4 rings (SSSR count). The lowest BCUT2D eigenvalue weighted by Gasteiger charge is -2.22. The highest BCUT2D eigenvalue weighted by Crippen LogP contribution is 2.24. The third-order valence-corrected chi connectivity index (χ3v) is 5.37. The van der Waals surface area contributed by atoms with Gasteiger partial charge < -0.3 is 10.1 Å². The molecular weight excluding hydrogens is 376 g/mol. The van der Waals surface area contributed by atoms with E-state index < -0.39 is 0 Å². The van der Waals surface area contributed by atoms with Crippen molar-refractivity contribution in [3.8, 4) is 11.4 Å². The molecule has 0 saturated heterocycles. The van der Waals surface area contributed by atoms with E-state index in [-0.39, 0.29) is 18.1 Å². The number of benzene rings is 2. The fraction of sp³-hybridized carbons (Fsp3) is 0.333. The Hall–Kier alpha value is -3.12. The molecule has 2 atom stereocenters. The maximum Gasteiger partial charge on any atom is 0.221 e. The van der Waals surface area contributed by atoms with Gasteiger partial charge in [0, 0.05) is 43.4 Å². The van der Waals surface area contributed by atoms with Gasteiger partial charge in [-0.15, -0.1) is 0 Å². The fourth-order valence-electron chi connectivity index (χ4n) is 3.78. The quantitative estimate of drug-likeness (QED) is 0.680. The van der Waals surface area contributed by atoms with Crippen LogP contribution in [0.3, 0.4) is 0 Å². The molecular formula is C24H28N4O2. The second-order valence-electron chi connectivity index (χ2n) is 7.86. The minimum atomic E-state index is -0.0953. The molecule has 1 amide bonds. The van der Waals surface area contributed by atoms with Gasteiger partial charge in [-0.1, -0.05) is 36.4 Å². The highest BCUT2D eigenvalue weighted by molar-refractivity contribution is 5.76. The molecule has 6 heteroatoms. The molecule has 2 aromatic carbocycles. The summed E-state index contributed by atoms with van der Waals surface area (Å²) in [7, 11) is 0. The second kappa shape index (κ2) is 9.13. The number of ether oxygens (including phenoxy) is 1. The average Bonchev–Trinajstić information content (AvgIpc) is 3.18. The van der Waals surface area contributed by atoms with Crippen molar-refractivity contribution in [1.29, 1.82) is 0 Å². The van der Waals surface area contributed by atoms with E-state index in [0.29, 0.717) is 13.0 Å². The Bertz CT molecular complexity index is 986. The molecule has 0 radical (unpaired) electrons. The largest absolute Gasteiger partial charge is 0.489 e. The van der Waals surface area contributed by atoms with Crippen LogP contribution in [0.4, 0.5) is 0 Å². The molecule has 156 valence electrons. The molecule has 30 heavy (non-hydrogen) atoms. The number of hydrogen-bond acceptors (Lipinski definition) is 4. The van der Waals surface area contributed by atoms with Crippen molar-refractivity contribution in [1.82, 2.24) is 20.0 Å². The zero-order valence-corrected chi connectivity index (χ0v) is 17.5. The lowest BCUT2D eigenvalue weighted by Crippen LogP contribution is -2.35. The predicted octanol–water partition coefficient (Wildman–Crippen LogP) is 3.72. The van der Waals surface area contributed by atoms with Crippen molar-refractivity contribution in [3.63, 3.8) is 0 Å². The number of amides is 1. The topological polar surface area (TPSA) is 59.4 Å². The van der Waals surface area contributed by atoms with E-state index in [1.807, 2.05) is 72.5 Å². The number of carbonyl (C=O) groups excluding carboxylic acids is 1. The lowest BCUT2D eigenvalue weighted by molar-refractivity contribution is -0.122. The van der Waals surface area contributed by atoms with Crippen molar-refractivity contribution in [2.24, 2.45) is 0 Å². The first kappa shape index (κ1) is 20.2. The van der Waals surface area contributed by atoms with Gasteiger partial charge in [0.1, 0.15) is 11.9 Å². The smallest absolute Gasteiger partial charge is 0.221 e. The highest BCUT2D eigenvalue weighted by Gasteiger charge is 2.20. The Balaban J connectivity index is 1.31. The van der Waals surface area contributed by atoms with Gasteiger partial charge in [-0.2, -0.15) is 5.10 Å². The lowest BCUT2D eigenvalue weighted by atomic mass is 10.1. The van der Waals surface area contributed by atoms with Crippen LogP contribution in [-0.4, -0.2) is 39.8 Å². The van der Waals surface area contributed by atoms with E-state index in [4.69, 9.17) is 4.74 Å². The molecule has 6 nitrogen and oxygen atoms in total. The van der Waals surface area contributed by atoms with Crippen molar-refractivity contribution in [2.75, 3.05) is 13.1 Å². The molecule has 0 fully saturated rings. The summed E-state index contributed by atoms with van der Waals surface area (Å²) in [6.45, 7) is 6.36. The van der Waals surface area contributed by atoms with Gasteiger partial charge in [0.05, 0.1) is 17.9 Å². The summed E-state index contributed by atoms with van der Waals surface area (Å²) in [5.41, 5.74) is 3.15. The Morgan fingerprint density at radius 3 is 2.80 bits per heavy atom. The Labute approximate surface area is 177 Å². The second-order valence-corrected chi connectivity index (χ2v) is 7.86. The minimum absolute atomic E-state index is 0.0427. The zero-order valence-electron chi connectivity index (χ0n) is 17.5. The summed E-state index contributed by atoms with van der Waals surface area (Å²) < 4.78 is 7.83. The molecule has 0 saturated carbocycles. The molecule has 1 N–H and O–H groups in total. The SMILES string of the molecule is C[C@H](NC(=O)CCN1Cc2ccccc2O[C@@H](C)C1)c1cnn(-c2ccccc2)c1. The molecule has 3 aromatic rings. The monoisotopic (exact) mass is 404 g/mol. The van der Waals surface area contributed by atoms with Crippen LogP contribution < -0.4 is 10.1 Å². The van der Waals surface area contributed by atoms with Gasteiger partial charge in [-0.05, 0) is 32.0 Å². The standard InChI is InChI=1S/C24H28N4O2/c1-18-15-27(16-20-8-6-7-11-23(20)30-18)13-12-24(29)26-19(2)21-14-25-28(17-21)22-9-4-3-5-10-22/h3-11,14,17-19H,12-13,15-16H2,1-2H3,(H,26,29)/t18-,19-/m0/s1. The highest BCUT2D eigenvalue weighted by atomic mass is 16.5. The summed E-state index contributed by atoms with van der Waals surface area (Å²) in [6, 6.07) is 18.0. The van der Waals surface area contributed by atoms with Gasteiger partial charge >= 0.3 is 0 Å². The molecule has 1 aromatic heterocycles. The van der Waals surface area contributed by atoms with Crippen LogP contribution in [0.5, 0.6) is 5.75 Å². The number of nitrogens with one attached hydrogen (secondary N) is 1. The summed E-state index contributed by atoms with van der Waals surface area (Å²) in [5.74, 6) is 0.988. The van der Waals surface area contributed by atoms with Crippen LogP contribution in [-0.2, 0) is 11.3 Å². The Kier molecular flexibility index (Phi) is 6.14. The third-order valence-electron chi connectivity index (χ3n) is 5.37. The van der Waals surface area contributed by atoms with E-state index in [9.17, 15) is 4.79 Å². The summed E-state index contributed by atoms with van der Waals surface area (Å²) in [6.07, 6.45) is 4.32. The van der Waals surface area contributed by atoms with Gasteiger partial charge in [-0.3, -0.25) is 9.69 Å². The Morgan fingerprint density at radius 2 is 1.97 bits per heavy atom. The summed E-state index contributed by atoms with van der Waals surface area (Å²) >= 11 is 0. The maximum absolute atomic E-state index is 12.6. The van der Waals surface area contributed by atoms with Crippen molar-refractivity contribution >= 4 is 5.91 Å². The predicted molar refractivity (Wildman–Crippen MR) is 117 cm³/mol. The average molecular weight is 405 g/mol. The van der Waals surface area contributed by atoms with Gasteiger partial charge in [-0.25, -0.2) is 4.68 Å². The van der Waals surface area contributed by atoms with E-state index in [2.05, 4.69) is 28.3 Å². The van der Waals surface area contributed by atoms with E-state index in [1.165, 1.54) is 5.56 Å². The van der Waals surface area contributed by atoms with Crippen LogP contribution in [0.1, 0.15) is 37.4 Å². The molecule has 0 aliphatic carbocycles.